The molecule has 1 nitrogen and oxygen atoms in total. The molecular formula is C8H14O. The molecule has 1 saturated heterocycles. The summed E-state index contributed by atoms with van der Waals surface area (Å²) in [6, 6.07) is 0. The molecule has 0 aromatic carbocycles. The molecule has 0 aromatic heterocycles. The molecule has 1 heteroatoms. The molecule has 0 bridgehead atoms. The highest BCUT2D eigenvalue weighted by atomic mass is 16.6. The van der Waals surface area contributed by atoms with Crippen molar-refractivity contribution in [2.24, 2.45) is 11.8 Å². The molecule has 52 valence electrons. The Morgan fingerprint density at radius 3 is 1.89 bits per heavy atom. The second kappa shape index (κ2) is 1.72. The second-order valence-corrected chi connectivity index (χ2v) is 3.60. The first-order valence-electron chi connectivity index (χ1n) is 3.94. The van der Waals surface area contributed by atoms with Crippen molar-refractivity contribution in [3.63, 3.8) is 0 Å². The molecule has 0 radical (unpaired) electrons. The number of rotatable bonds is 0. The van der Waals surface area contributed by atoms with Gasteiger partial charge in [-0.1, -0.05) is 13.8 Å². The number of epoxide rings is 1. The topological polar surface area (TPSA) is 12.5 Å². The highest BCUT2D eigenvalue weighted by molar-refractivity contribution is 4.96. The molecule has 0 amide bonds. The van der Waals surface area contributed by atoms with Crippen LogP contribution >= 0.6 is 0 Å². The summed E-state index contributed by atoms with van der Waals surface area (Å²) < 4.78 is 5.50. The molecule has 0 aromatic rings. The lowest BCUT2D eigenvalue weighted by Gasteiger charge is -2.17. The fourth-order valence-electron chi connectivity index (χ4n) is 1.91. The van der Waals surface area contributed by atoms with Gasteiger partial charge in [0.25, 0.3) is 0 Å². The minimum atomic E-state index is 0.647. The van der Waals surface area contributed by atoms with E-state index in [4.69, 9.17) is 4.74 Å². The van der Waals surface area contributed by atoms with Crippen LogP contribution in [0.25, 0.3) is 0 Å². The van der Waals surface area contributed by atoms with Gasteiger partial charge in [-0.2, -0.15) is 0 Å². The van der Waals surface area contributed by atoms with E-state index in [1.54, 1.807) is 0 Å². The molecule has 4 atom stereocenters. The standard InChI is InChI=1S/C8H14O/c1-5-3-4-6(2)8-7(5)9-8/h5-8H,3-4H2,1-2H3. The van der Waals surface area contributed by atoms with E-state index in [0.717, 1.165) is 11.8 Å². The van der Waals surface area contributed by atoms with E-state index < -0.39 is 0 Å². The third kappa shape index (κ3) is 0.787. The van der Waals surface area contributed by atoms with Gasteiger partial charge < -0.3 is 4.74 Å². The Morgan fingerprint density at radius 1 is 1.00 bits per heavy atom. The molecule has 1 aliphatic heterocycles. The van der Waals surface area contributed by atoms with Gasteiger partial charge in [0.1, 0.15) is 0 Å². The van der Waals surface area contributed by atoms with Gasteiger partial charge in [0.2, 0.25) is 0 Å². The lowest BCUT2D eigenvalue weighted by atomic mass is 9.84. The van der Waals surface area contributed by atoms with E-state index in [2.05, 4.69) is 13.8 Å². The van der Waals surface area contributed by atoms with Crippen LogP contribution in [0.1, 0.15) is 26.7 Å². The summed E-state index contributed by atoms with van der Waals surface area (Å²) in [6.07, 6.45) is 4.05. The van der Waals surface area contributed by atoms with Crippen molar-refractivity contribution in [3.05, 3.63) is 0 Å². The van der Waals surface area contributed by atoms with Crippen LogP contribution in [0.2, 0.25) is 0 Å². The van der Waals surface area contributed by atoms with Crippen molar-refractivity contribution in [2.75, 3.05) is 0 Å². The Morgan fingerprint density at radius 2 is 1.44 bits per heavy atom. The van der Waals surface area contributed by atoms with E-state index in [9.17, 15) is 0 Å². The van der Waals surface area contributed by atoms with Crippen LogP contribution in [0.3, 0.4) is 0 Å². The summed E-state index contributed by atoms with van der Waals surface area (Å²) >= 11 is 0. The van der Waals surface area contributed by atoms with Crippen molar-refractivity contribution in [1.82, 2.24) is 0 Å². The number of fused-ring (bicyclic) bond motifs is 1. The largest absolute Gasteiger partial charge is 0.369 e. The molecule has 0 spiro atoms. The summed E-state index contributed by atoms with van der Waals surface area (Å²) in [6.45, 7) is 4.60. The zero-order chi connectivity index (χ0) is 6.43. The first-order valence-corrected chi connectivity index (χ1v) is 3.94. The van der Waals surface area contributed by atoms with Crippen molar-refractivity contribution < 1.29 is 4.74 Å². The molecule has 2 aliphatic rings. The summed E-state index contributed by atoms with van der Waals surface area (Å²) in [7, 11) is 0. The Labute approximate surface area is 56.4 Å². The van der Waals surface area contributed by atoms with Crippen molar-refractivity contribution in [1.29, 1.82) is 0 Å². The first kappa shape index (κ1) is 5.72. The van der Waals surface area contributed by atoms with Crippen LogP contribution in [0.5, 0.6) is 0 Å². The van der Waals surface area contributed by atoms with Gasteiger partial charge in [0.15, 0.2) is 0 Å². The van der Waals surface area contributed by atoms with E-state index in [1.165, 1.54) is 12.8 Å². The molecular weight excluding hydrogens is 112 g/mol. The fourth-order valence-corrected chi connectivity index (χ4v) is 1.91. The monoisotopic (exact) mass is 126 g/mol. The quantitative estimate of drug-likeness (QED) is 0.451. The van der Waals surface area contributed by atoms with Crippen LogP contribution in [-0.4, -0.2) is 12.2 Å². The Balaban J connectivity index is 2.01. The zero-order valence-corrected chi connectivity index (χ0v) is 6.13. The predicted molar refractivity (Wildman–Crippen MR) is 36.2 cm³/mol. The minimum Gasteiger partial charge on any atom is -0.369 e. The SMILES string of the molecule is CC1CCC(C)C2OC12. The normalized spacial score (nSPS) is 56.7. The smallest absolute Gasteiger partial charge is 0.0870 e. The summed E-state index contributed by atoms with van der Waals surface area (Å²) in [5.74, 6) is 1.68. The summed E-state index contributed by atoms with van der Waals surface area (Å²) in [5.41, 5.74) is 0. The lowest BCUT2D eigenvalue weighted by molar-refractivity contribution is 0.330. The molecule has 0 N–H and O–H groups in total. The molecule has 1 aliphatic carbocycles. The predicted octanol–water partition coefficient (Wildman–Crippen LogP) is 1.82. The molecule has 2 fully saturated rings. The molecule has 9 heavy (non-hydrogen) atoms. The Kier molecular flexibility index (Phi) is 1.10. The van der Waals surface area contributed by atoms with Gasteiger partial charge in [0.05, 0.1) is 12.2 Å². The maximum absolute atomic E-state index is 5.50. The van der Waals surface area contributed by atoms with E-state index >= 15 is 0 Å². The van der Waals surface area contributed by atoms with Gasteiger partial charge in [-0.25, -0.2) is 0 Å². The third-order valence-corrected chi connectivity index (χ3v) is 2.76. The van der Waals surface area contributed by atoms with Gasteiger partial charge >= 0.3 is 0 Å². The highest BCUT2D eigenvalue weighted by Crippen LogP contribution is 2.43. The Bertz CT molecular complexity index is 108. The maximum Gasteiger partial charge on any atom is 0.0870 e. The van der Waals surface area contributed by atoms with Crippen LogP contribution < -0.4 is 0 Å². The highest BCUT2D eigenvalue weighted by Gasteiger charge is 2.48. The van der Waals surface area contributed by atoms with Crippen LogP contribution in [0.15, 0.2) is 0 Å². The fraction of sp³-hybridized carbons (Fsp3) is 1.00. The minimum absolute atomic E-state index is 0.647. The Hall–Kier alpha value is -0.0400. The van der Waals surface area contributed by atoms with Crippen molar-refractivity contribution >= 4 is 0 Å². The van der Waals surface area contributed by atoms with Crippen molar-refractivity contribution in [2.45, 2.75) is 38.9 Å². The molecule has 1 heterocycles. The molecule has 1 saturated carbocycles. The summed E-state index contributed by atoms with van der Waals surface area (Å²) in [5, 5.41) is 0. The van der Waals surface area contributed by atoms with Gasteiger partial charge in [0, 0.05) is 0 Å². The van der Waals surface area contributed by atoms with Crippen LogP contribution in [0.4, 0.5) is 0 Å². The van der Waals surface area contributed by atoms with Crippen LogP contribution in [0, 0.1) is 11.8 Å². The maximum atomic E-state index is 5.50. The second-order valence-electron chi connectivity index (χ2n) is 3.60. The van der Waals surface area contributed by atoms with Gasteiger partial charge in [-0.15, -0.1) is 0 Å². The van der Waals surface area contributed by atoms with Crippen LogP contribution in [-0.2, 0) is 4.74 Å². The average molecular weight is 126 g/mol. The third-order valence-electron chi connectivity index (χ3n) is 2.76. The first-order chi connectivity index (χ1) is 4.29. The van der Waals surface area contributed by atoms with E-state index in [1.807, 2.05) is 0 Å². The van der Waals surface area contributed by atoms with E-state index in [-0.39, 0.29) is 0 Å². The van der Waals surface area contributed by atoms with Gasteiger partial charge in [-0.3, -0.25) is 0 Å². The van der Waals surface area contributed by atoms with E-state index in [0.29, 0.717) is 12.2 Å². The number of ether oxygens (including phenoxy) is 1. The molecule has 2 rings (SSSR count). The lowest BCUT2D eigenvalue weighted by Crippen LogP contribution is -2.19. The van der Waals surface area contributed by atoms with Gasteiger partial charge in [-0.05, 0) is 24.7 Å². The van der Waals surface area contributed by atoms with Crippen molar-refractivity contribution in [3.8, 4) is 0 Å². The molecule has 4 unspecified atom stereocenters. The summed E-state index contributed by atoms with van der Waals surface area (Å²) in [4.78, 5) is 0. The zero-order valence-electron chi connectivity index (χ0n) is 6.13. The number of hydrogen-bond acceptors (Lipinski definition) is 1. The average Bonchev–Trinajstić information content (AvgIpc) is 2.57. The number of hydrogen-bond donors (Lipinski definition) is 0.